The second-order valence-corrected chi connectivity index (χ2v) is 5.89. The molecule has 0 radical (unpaired) electrons. The first-order valence-corrected chi connectivity index (χ1v) is 7.65. The molecule has 1 aromatic heterocycles. The van der Waals surface area contributed by atoms with Crippen molar-refractivity contribution in [3.63, 3.8) is 0 Å². The lowest BCUT2D eigenvalue weighted by Gasteiger charge is -2.30. The van der Waals surface area contributed by atoms with Gasteiger partial charge in [0.1, 0.15) is 0 Å². The summed E-state index contributed by atoms with van der Waals surface area (Å²) in [6.07, 6.45) is 1.21. The van der Waals surface area contributed by atoms with Crippen molar-refractivity contribution in [2.24, 2.45) is 0 Å². The van der Waals surface area contributed by atoms with Crippen molar-refractivity contribution in [3.05, 3.63) is 46.4 Å². The van der Waals surface area contributed by atoms with Gasteiger partial charge in [0.2, 0.25) is 0 Å². The Morgan fingerprint density at radius 3 is 3.16 bits per heavy atom. The summed E-state index contributed by atoms with van der Waals surface area (Å²) in [5.41, 5.74) is 5.85. The van der Waals surface area contributed by atoms with Crippen LogP contribution in [0.2, 0.25) is 0 Å². The molecule has 3 rings (SSSR count). The number of aromatic nitrogens is 1. The van der Waals surface area contributed by atoms with E-state index in [1.54, 1.807) is 11.3 Å². The van der Waals surface area contributed by atoms with Gasteiger partial charge in [-0.3, -0.25) is 4.90 Å². The van der Waals surface area contributed by atoms with E-state index >= 15 is 0 Å². The number of likely N-dealkylation sites (N-methyl/N-ethyl adjacent to an activating group) is 1. The van der Waals surface area contributed by atoms with E-state index in [2.05, 4.69) is 51.9 Å². The molecule has 0 saturated carbocycles. The van der Waals surface area contributed by atoms with Crippen molar-refractivity contribution in [2.75, 3.05) is 25.5 Å². The van der Waals surface area contributed by atoms with Gasteiger partial charge in [-0.2, -0.15) is 0 Å². The number of para-hydroxylation sites is 1. The van der Waals surface area contributed by atoms with Gasteiger partial charge in [0.05, 0.1) is 11.2 Å². The predicted octanol–water partition coefficient (Wildman–Crippen LogP) is 3.17. The minimum absolute atomic E-state index is 0.626. The number of fused-ring (bicyclic) bond motifs is 1. The van der Waals surface area contributed by atoms with Crippen LogP contribution >= 0.6 is 11.3 Å². The molecular weight excluding hydrogens is 254 g/mol. The topological polar surface area (TPSA) is 28.2 Å². The quantitative estimate of drug-likeness (QED) is 0.927. The van der Waals surface area contributed by atoms with Crippen molar-refractivity contribution in [3.8, 4) is 0 Å². The number of benzene rings is 1. The Kier molecular flexibility index (Phi) is 3.80. The fraction of sp³-hybridized carbons (Fsp3) is 0.400. The Hall–Kier alpha value is -1.39. The van der Waals surface area contributed by atoms with Gasteiger partial charge >= 0.3 is 0 Å². The zero-order valence-electron chi connectivity index (χ0n) is 11.2. The van der Waals surface area contributed by atoms with Gasteiger partial charge in [0, 0.05) is 36.6 Å². The van der Waals surface area contributed by atoms with Gasteiger partial charge in [-0.05, 0) is 25.1 Å². The summed E-state index contributed by atoms with van der Waals surface area (Å²) in [4.78, 5) is 6.73. The summed E-state index contributed by atoms with van der Waals surface area (Å²) in [6.45, 7) is 3.11. The van der Waals surface area contributed by atoms with Crippen molar-refractivity contribution < 1.29 is 0 Å². The number of hydrogen-bond acceptors (Lipinski definition) is 4. The van der Waals surface area contributed by atoms with Crippen molar-refractivity contribution in [2.45, 2.75) is 18.9 Å². The van der Waals surface area contributed by atoms with Gasteiger partial charge in [0.25, 0.3) is 0 Å². The van der Waals surface area contributed by atoms with E-state index in [1.807, 2.05) is 5.51 Å². The Balaban J connectivity index is 1.67. The second kappa shape index (κ2) is 5.72. The summed E-state index contributed by atoms with van der Waals surface area (Å²) in [5, 5.41) is 5.61. The molecule has 100 valence electrons. The molecule has 19 heavy (non-hydrogen) atoms. The number of nitrogens with one attached hydrogen (secondary N) is 1. The molecule has 2 heterocycles. The summed E-state index contributed by atoms with van der Waals surface area (Å²) >= 11 is 1.67. The molecule has 2 aromatic rings. The van der Waals surface area contributed by atoms with E-state index in [-0.39, 0.29) is 0 Å². The standard InChI is InChI=1S/C15H19N3S/c1-18(9-13-10-19-11-17-13)8-12-6-7-16-15-5-3-2-4-14(12)15/h2-5,10-12,16H,6-9H2,1H3. The lowest BCUT2D eigenvalue weighted by Crippen LogP contribution is -2.28. The summed E-state index contributed by atoms with van der Waals surface area (Å²) in [6, 6.07) is 8.68. The SMILES string of the molecule is CN(Cc1cscn1)CC1CCNc2ccccc21. The number of nitrogens with zero attached hydrogens (tertiary/aromatic N) is 2. The van der Waals surface area contributed by atoms with Crippen LogP contribution in [-0.2, 0) is 6.54 Å². The minimum atomic E-state index is 0.626. The number of anilines is 1. The normalized spacial score (nSPS) is 18.1. The molecule has 1 N–H and O–H groups in total. The highest BCUT2D eigenvalue weighted by atomic mass is 32.1. The average Bonchev–Trinajstić information content (AvgIpc) is 2.92. The van der Waals surface area contributed by atoms with Gasteiger partial charge in [-0.1, -0.05) is 18.2 Å². The zero-order valence-corrected chi connectivity index (χ0v) is 12.0. The Morgan fingerprint density at radius 1 is 1.42 bits per heavy atom. The third-order valence-corrected chi connectivity index (χ3v) is 4.29. The van der Waals surface area contributed by atoms with Gasteiger partial charge < -0.3 is 5.32 Å². The fourth-order valence-corrected chi connectivity index (χ4v) is 3.32. The third-order valence-electron chi connectivity index (χ3n) is 3.66. The van der Waals surface area contributed by atoms with Crippen molar-refractivity contribution in [1.82, 2.24) is 9.88 Å². The number of hydrogen-bond donors (Lipinski definition) is 1. The first kappa shape index (κ1) is 12.6. The molecule has 0 aliphatic carbocycles. The third kappa shape index (κ3) is 2.96. The Bertz CT molecular complexity index is 524. The molecule has 3 nitrogen and oxygen atoms in total. The summed E-state index contributed by atoms with van der Waals surface area (Å²) in [5.74, 6) is 0.626. The number of thiazole rings is 1. The first-order valence-electron chi connectivity index (χ1n) is 6.71. The van der Waals surface area contributed by atoms with E-state index in [9.17, 15) is 0 Å². The Labute approximate surface area is 118 Å². The number of rotatable bonds is 4. The van der Waals surface area contributed by atoms with E-state index < -0.39 is 0 Å². The van der Waals surface area contributed by atoms with Crippen molar-refractivity contribution >= 4 is 17.0 Å². The monoisotopic (exact) mass is 273 g/mol. The van der Waals surface area contributed by atoms with E-state index in [0.29, 0.717) is 5.92 Å². The van der Waals surface area contributed by atoms with Crippen LogP contribution < -0.4 is 5.32 Å². The highest BCUT2D eigenvalue weighted by molar-refractivity contribution is 7.07. The highest BCUT2D eigenvalue weighted by Gasteiger charge is 2.20. The molecule has 0 fully saturated rings. The van der Waals surface area contributed by atoms with Crippen LogP contribution in [0.1, 0.15) is 23.6 Å². The largest absolute Gasteiger partial charge is 0.385 e. The maximum absolute atomic E-state index is 4.36. The van der Waals surface area contributed by atoms with Gasteiger partial charge in [-0.25, -0.2) is 4.98 Å². The van der Waals surface area contributed by atoms with Crippen molar-refractivity contribution in [1.29, 1.82) is 0 Å². The molecule has 1 aromatic carbocycles. The summed E-state index contributed by atoms with van der Waals surface area (Å²) < 4.78 is 0. The predicted molar refractivity (Wildman–Crippen MR) is 80.7 cm³/mol. The van der Waals surface area contributed by atoms with Crippen LogP contribution in [0.4, 0.5) is 5.69 Å². The first-order chi connectivity index (χ1) is 9.33. The maximum Gasteiger partial charge on any atom is 0.0795 e. The van der Waals surface area contributed by atoms with Crippen LogP contribution in [0.3, 0.4) is 0 Å². The fourth-order valence-electron chi connectivity index (χ4n) is 2.77. The molecule has 1 unspecified atom stereocenters. The molecule has 0 amide bonds. The molecule has 4 heteroatoms. The molecule has 1 aliphatic rings. The second-order valence-electron chi connectivity index (χ2n) is 5.18. The summed E-state index contributed by atoms with van der Waals surface area (Å²) in [7, 11) is 2.18. The average molecular weight is 273 g/mol. The zero-order chi connectivity index (χ0) is 13.1. The molecule has 1 atom stereocenters. The Morgan fingerprint density at radius 2 is 2.32 bits per heavy atom. The van der Waals surface area contributed by atoms with Gasteiger partial charge in [0.15, 0.2) is 0 Å². The van der Waals surface area contributed by atoms with Crippen LogP contribution in [0.5, 0.6) is 0 Å². The lowest BCUT2D eigenvalue weighted by molar-refractivity contribution is 0.295. The van der Waals surface area contributed by atoms with E-state index in [0.717, 1.165) is 19.6 Å². The highest BCUT2D eigenvalue weighted by Crippen LogP contribution is 2.31. The maximum atomic E-state index is 4.36. The molecular formula is C15H19N3S. The smallest absolute Gasteiger partial charge is 0.0795 e. The molecule has 0 spiro atoms. The molecule has 1 aliphatic heterocycles. The minimum Gasteiger partial charge on any atom is -0.385 e. The molecule has 0 bridgehead atoms. The van der Waals surface area contributed by atoms with E-state index in [1.165, 1.54) is 23.4 Å². The molecule has 0 saturated heterocycles. The van der Waals surface area contributed by atoms with E-state index in [4.69, 9.17) is 0 Å². The van der Waals surface area contributed by atoms with Crippen LogP contribution in [0.15, 0.2) is 35.2 Å². The van der Waals surface area contributed by atoms with Crippen LogP contribution in [0, 0.1) is 0 Å². The van der Waals surface area contributed by atoms with Crippen LogP contribution in [0.25, 0.3) is 0 Å². The van der Waals surface area contributed by atoms with Gasteiger partial charge in [-0.15, -0.1) is 11.3 Å². The van der Waals surface area contributed by atoms with Crippen LogP contribution in [-0.4, -0.2) is 30.0 Å². The lowest BCUT2D eigenvalue weighted by atomic mass is 9.90.